The van der Waals surface area contributed by atoms with Gasteiger partial charge in [0.15, 0.2) is 0 Å². The summed E-state index contributed by atoms with van der Waals surface area (Å²) in [6.45, 7) is 0.257. The van der Waals surface area contributed by atoms with Crippen LogP contribution >= 0.6 is 0 Å². The van der Waals surface area contributed by atoms with Gasteiger partial charge in [0.2, 0.25) is 0 Å². The maximum Gasteiger partial charge on any atom is 0.313 e. The second kappa shape index (κ2) is 9.49. The van der Waals surface area contributed by atoms with E-state index in [1.807, 2.05) is 6.07 Å². The Bertz CT molecular complexity index is 328. The van der Waals surface area contributed by atoms with E-state index < -0.39 is 5.97 Å². The van der Waals surface area contributed by atoms with Gasteiger partial charge in [0.1, 0.15) is 18.8 Å². The van der Waals surface area contributed by atoms with Crippen molar-refractivity contribution in [2.75, 3.05) is 13.2 Å². The van der Waals surface area contributed by atoms with E-state index in [1.165, 1.54) is 0 Å². The molecule has 0 amide bonds. The van der Waals surface area contributed by atoms with Crippen molar-refractivity contribution < 1.29 is 14.3 Å². The molecule has 0 atom stereocenters. The molecule has 0 bridgehead atoms. The fourth-order valence-electron chi connectivity index (χ4n) is 0.903. The van der Waals surface area contributed by atoms with Crippen LogP contribution in [0.25, 0.3) is 10.4 Å². The summed E-state index contributed by atoms with van der Waals surface area (Å²) in [5.74, 6) is -0.876. The van der Waals surface area contributed by atoms with Crippen LogP contribution in [0.15, 0.2) is 5.11 Å². The van der Waals surface area contributed by atoms with Crippen molar-refractivity contribution >= 4 is 11.8 Å². The summed E-state index contributed by atoms with van der Waals surface area (Å²) in [6, 6.07) is 1.82. The zero-order valence-electron chi connectivity index (χ0n) is 8.76. The average Bonchev–Trinajstić information content (AvgIpc) is 2.25. The van der Waals surface area contributed by atoms with Gasteiger partial charge < -0.3 is 4.74 Å². The molecule has 0 aromatic rings. The number of carbonyl (C=O) groups excluding carboxylic acids is 2. The van der Waals surface area contributed by atoms with E-state index in [0.717, 1.165) is 0 Å². The number of esters is 1. The number of rotatable bonds is 8. The summed E-state index contributed by atoms with van der Waals surface area (Å²) in [7, 11) is 0. The molecule has 0 heterocycles. The van der Waals surface area contributed by atoms with Gasteiger partial charge in [-0.2, -0.15) is 5.26 Å². The first-order valence-electron chi connectivity index (χ1n) is 4.76. The number of carbonyl (C=O) groups is 2. The molecule has 0 radical (unpaired) electrons. The number of ketones is 1. The quantitative estimate of drug-likeness (QED) is 0.155. The van der Waals surface area contributed by atoms with E-state index in [2.05, 4.69) is 14.8 Å². The molecule has 0 aliphatic rings. The zero-order chi connectivity index (χ0) is 12.2. The smallest absolute Gasteiger partial charge is 0.313 e. The van der Waals surface area contributed by atoms with Gasteiger partial charge in [0.05, 0.1) is 12.5 Å². The van der Waals surface area contributed by atoms with Crippen molar-refractivity contribution in [2.45, 2.75) is 25.7 Å². The molecule has 0 saturated carbocycles. The van der Waals surface area contributed by atoms with Gasteiger partial charge in [-0.1, -0.05) is 5.11 Å². The van der Waals surface area contributed by atoms with Crippen LogP contribution in [0.3, 0.4) is 0 Å². The van der Waals surface area contributed by atoms with E-state index in [1.54, 1.807) is 0 Å². The summed E-state index contributed by atoms with van der Waals surface area (Å²) >= 11 is 0. The van der Waals surface area contributed by atoms with E-state index in [9.17, 15) is 9.59 Å². The summed E-state index contributed by atoms with van der Waals surface area (Å²) in [5, 5.41) is 11.4. The molecule has 0 spiro atoms. The molecule has 0 saturated heterocycles. The summed E-state index contributed by atoms with van der Waals surface area (Å²) in [4.78, 5) is 24.7. The highest BCUT2D eigenvalue weighted by Gasteiger charge is 2.09. The van der Waals surface area contributed by atoms with Gasteiger partial charge in [-0.05, 0) is 12.0 Å². The van der Waals surface area contributed by atoms with Crippen molar-refractivity contribution in [3.8, 4) is 6.07 Å². The number of azide groups is 1. The Morgan fingerprint density at radius 1 is 1.50 bits per heavy atom. The monoisotopic (exact) mass is 224 g/mol. The normalized spacial score (nSPS) is 8.69. The standard InChI is InChI=1S/C9H12N4O3/c10-4-2-6-16-9(15)7-8(14)3-1-5-12-13-11/h1-3,5-7H2. The molecule has 0 N–H and O–H groups in total. The van der Waals surface area contributed by atoms with E-state index in [4.69, 9.17) is 10.8 Å². The maximum absolute atomic E-state index is 11.1. The number of hydrogen-bond acceptors (Lipinski definition) is 5. The third kappa shape index (κ3) is 8.53. The first kappa shape index (κ1) is 13.9. The van der Waals surface area contributed by atoms with E-state index in [-0.39, 0.29) is 38.2 Å². The largest absolute Gasteiger partial charge is 0.464 e. The molecule has 0 aromatic heterocycles. The molecular formula is C9H12N4O3. The van der Waals surface area contributed by atoms with Gasteiger partial charge in [0, 0.05) is 17.9 Å². The number of nitrogens with zero attached hydrogens (tertiary/aromatic N) is 4. The highest BCUT2D eigenvalue weighted by atomic mass is 16.5. The Balaban J connectivity index is 3.58. The van der Waals surface area contributed by atoms with Crippen LogP contribution in [-0.4, -0.2) is 24.9 Å². The molecule has 16 heavy (non-hydrogen) atoms. The molecule has 7 heteroatoms. The molecule has 0 aromatic carbocycles. The minimum atomic E-state index is -0.621. The molecule has 7 nitrogen and oxygen atoms in total. The van der Waals surface area contributed by atoms with Crippen molar-refractivity contribution in [1.29, 1.82) is 5.26 Å². The first-order valence-corrected chi connectivity index (χ1v) is 4.76. The van der Waals surface area contributed by atoms with Crippen LogP contribution in [0.1, 0.15) is 25.7 Å². The fraction of sp³-hybridized carbons (Fsp3) is 0.667. The fourth-order valence-corrected chi connectivity index (χ4v) is 0.903. The molecular weight excluding hydrogens is 212 g/mol. The second-order valence-corrected chi connectivity index (χ2v) is 2.90. The van der Waals surface area contributed by atoms with Crippen LogP contribution in [0, 0.1) is 11.3 Å². The van der Waals surface area contributed by atoms with Crippen LogP contribution in [0.2, 0.25) is 0 Å². The maximum atomic E-state index is 11.1. The Kier molecular flexibility index (Phi) is 8.27. The molecule has 0 rings (SSSR count). The Labute approximate surface area is 92.6 Å². The van der Waals surface area contributed by atoms with Gasteiger partial charge in [-0.3, -0.25) is 9.59 Å². The SMILES string of the molecule is N#CCCOC(=O)CC(=O)CCCN=[N+]=[N-]. The van der Waals surface area contributed by atoms with Crippen LogP contribution in [0.5, 0.6) is 0 Å². The van der Waals surface area contributed by atoms with Crippen molar-refractivity contribution in [3.63, 3.8) is 0 Å². The Hall–Kier alpha value is -2.06. The molecule has 0 unspecified atom stereocenters. The molecule has 86 valence electrons. The number of ether oxygens (including phenoxy) is 1. The second-order valence-electron chi connectivity index (χ2n) is 2.90. The van der Waals surface area contributed by atoms with Crippen LogP contribution in [-0.2, 0) is 14.3 Å². The predicted molar refractivity (Wildman–Crippen MR) is 54.1 cm³/mol. The molecule has 0 aliphatic carbocycles. The lowest BCUT2D eigenvalue weighted by atomic mass is 10.2. The topological polar surface area (TPSA) is 116 Å². The van der Waals surface area contributed by atoms with Gasteiger partial charge in [-0.25, -0.2) is 0 Å². The lowest BCUT2D eigenvalue weighted by Crippen LogP contribution is -2.12. The third-order valence-electron chi connectivity index (χ3n) is 1.60. The van der Waals surface area contributed by atoms with Gasteiger partial charge >= 0.3 is 5.97 Å². The first-order chi connectivity index (χ1) is 7.70. The predicted octanol–water partition coefficient (Wildman–Crippen LogP) is 1.49. The molecule has 0 fully saturated rings. The van der Waals surface area contributed by atoms with Crippen molar-refractivity contribution in [1.82, 2.24) is 0 Å². The van der Waals surface area contributed by atoms with E-state index >= 15 is 0 Å². The summed E-state index contributed by atoms with van der Waals surface area (Å²) in [6.07, 6.45) is 0.444. The average molecular weight is 224 g/mol. The summed E-state index contributed by atoms with van der Waals surface area (Å²) < 4.78 is 4.62. The highest BCUT2D eigenvalue weighted by Crippen LogP contribution is 1.98. The highest BCUT2D eigenvalue weighted by molar-refractivity contribution is 5.95. The Morgan fingerprint density at radius 2 is 2.25 bits per heavy atom. The van der Waals surface area contributed by atoms with Crippen LogP contribution in [0.4, 0.5) is 0 Å². The lowest BCUT2D eigenvalue weighted by molar-refractivity contribution is -0.145. The van der Waals surface area contributed by atoms with Crippen LogP contribution < -0.4 is 0 Å². The number of Topliss-reactive ketones (excluding diaryl/α,β-unsaturated/α-hetero) is 1. The van der Waals surface area contributed by atoms with Crippen molar-refractivity contribution in [3.05, 3.63) is 10.4 Å². The number of hydrogen-bond donors (Lipinski definition) is 0. The number of nitriles is 1. The van der Waals surface area contributed by atoms with Gasteiger partial charge in [-0.15, -0.1) is 0 Å². The zero-order valence-corrected chi connectivity index (χ0v) is 8.76. The minimum absolute atomic E-state index is 0.0152. The van der Waals surface area contributed by atoms with Crippen molar-refractivity contribution in [2.24, 2.45) is 5.11 Å². The lowest BCUT2D eigenvalue weighted by Gasteiger charge is -2.01. The minimum Gasteiger partial charge on any atom is -0.464 e. The van der Waals surface area contributed by atoms with E-state index in [0.29, 0.717) is 6.42 Å². The Morgan fingerprint density at radius 3 is 2.88 bits per heavy atom. The molecule has 0 aliphatic heterocycles. The van der Waals surface area contributed by atoms with Gasteiger partial charge in [0.25, 0.3) is 0 Å². The summed E-state index contributed by atoms with van der Waals surface area (Å²) in [5.41, 5.74) is 7.97. The third-order valence-corrected chi connectivity index (χ3v) is 1.60.